The van der Waals surface area contributed by atoms with Crippen LogP contribution in [0, 0.1) is 0 Å². The summed E-state index contributed by atoms with van der Waals surface area (Å²) < 4.78 is 13.5. The molecular formula is C19H31N3O3Si. The largest absolute Gasteiger partial charge is 0.392 e. The molecule has 3 rings (SSSR count). The van der Waals surface area contributed by atoms with Crippen LogP contribution >= 0.6 is 0 Å². The van der Waals surface area contributed by atoms with Gasteiger partial charge in [-0.3, -0.25) is 0 Å². The minimum atomic E-state index is -1.09. The molecule has 0 spiro atoms. The van der Waals surface area contributed by atoms with Gasteiger partial charge in [0.2, 0.25) is 0 Å². The van der Waals surface area contributed by atoms with Crippen molar-refractivity contribution in [3.05, 3.63) is 23.9 Å². The molecule has 0 aromatic carbocycles. The van der Waals surface area contributed by atoms with Gasteiger partial charge in [-0.05, 0) is 30.7 Å². The zero-order valence-electron chi connectivity index (χ0n) is 16.4. The number of ether oxygens (including phenoxy) is 2. The molecule has 1 atom stereocenters. The quantitative estimate of drug-likeness (QED) is 0.594. The Labute approximate surface area is 156 Å². The second-order valence-corrected chi connectivity index (χ2v) is 13.9. The van der Waals surface area contributed by atoms with E-state index in [1.54, 1.807) is 0 Å². The summed E-state index contributed by atoms with van der Waals surface area (Å²) in [6.07, 6.45) is 2.00. The van der Waals surface area contributed by atoms with Crippen molar-refractivity contribution in [1.82, 2.24) is 9.55 Å². The first-order valence-corrected chi connectivity index (χ1v) is 13.1. The summed E-state index contributed by atoms with van der Waals surface area (Å²) in [5, 5.41) is 10.8. The van der Waals surface area contributed by atoms with E-state index in [4.69, 9.17) is 14.5 Å². The highest BCUT2D eigenvalue weighted by atomic mass is 28.3. The number of anilines is 1. The molecule has 1 N–H and O–H groups in total. The number of morpholine rings is 1. The van der Waals surface area contributed by atoms with Crippen molar-refractivity contribution in [3.63, 3.8) is 0 Å². The zero-order chi connectivity index (χ0) is 18.7. The first kappa shape index (κ1) is 19.4. The Morgan fingerprint density at radius 1 is 1.38 bits per heavy atom. The molecule has 6 nitrogen and oxygen atoms in total. The maximum atomic E-state index is 9.83. The molecule has 26 heavy (non-hydrogen) atoms. The number of rotatable bonds is 7. The second-order valence-electron chi connectivity index (χ2n) is 8.29. The lowest BCUT2D eigenvalue weighted by Crippen LogP contribution is -2.44. The predicted octanol–water partition coefficient (Wildman–Crippen LogP) is 3.07. The van der Waals surface area contributed by atoms with Gasteiger partial charge in [0.05, 0.1) is 25.9 Å². The Bertz CT molecular complexity index is 741. The lowest BCUT2D eigenvalue weighted by atomic mass is 10.1. The smallest absolute Gasteiger partial charge is 0.144 e. The third kappa shape index (κ3) is 4.46. The molecule has 0 amide bonds. The van der Waals surface area contributed by atoms with Crippen LogP contribution in [-0.2, 0) is 22.8 Å². The van der Waals surface area contributed by atoms with Gasteiger partial charge in [0.1, 0.15) is 18.2 Å². The van der Waals surface area contributed by atoms with Crippen molar-refractivity contribution in [2.75, 3.05) is 31.3 Å². The van der Waals surface area contributed by atoms with Crippen LogP contribution in [0.3, 0.4) is 0 Å². The lowest BCUT2D eigenvalue weighted by molar-refractivity contribution is 0.0897. The summed E-state index contributed by atoms with van der Waals surface area (Å²) in [7, 11) is -1.09. The number of pyridine rings is 1. The number of aliphatic hydroxyl groups is 1. The molecule has 1 aliphatic rings. The molecular weight excluding hydrogens is 346 g/mol. The van der Waals surface area contributed by atoms with Gasteiger partial charge < -0.3 is 24.0 Å². The molecule has 0 bridgehead atoms. The summed E-state index contributed by atoms with van der Waals surface area (Å²) in [4.78, 5) is 7.15. The minimum Gasteiger partial charge on any atom is -0.392 e. The van der Waals surface area contributed by atoms with Crippen LogP contribution < -0.4 is 4.90 Å². The van der Waals surface area contributed by atoms with Gasteiger partial charge in [-0.1, -0.05) is 19.6 Å². The van der Waals surface area contributed by atoms with E-state index in [1.807, 2.05) is 22.9 Å². The van der Waals surface area contributed by atoms with Crippen LogP contribution in [-0.4, -0.2) is 55.1 Å². The first-order valence-electron chi connectivity index (χ1n) is 9.41. The van der Waals surface area contributed by atoms with Gasteiger partial charge in [-0.2, -0.15) is 0 Å². The topological polar surface area (TPSA) is 59.8 Å². The number of nitrogens with zero attached hydrogens (tertiary/aromatic N) is 3. The Hall–Kier alpha value is -1.41. The molecule has 1 saturated heterocycles. The zero-order valence-corrected chi connectivity index (χ0v) is 17.4. The summed E-state index contributed by atoms with van der Waals surface area (Å²) in [5.41, 5.74) is 1.78. The fourth-order valence-electron chi connectivity index (χ4n) is 3.20. The molecule has 0 unspecified atom stereocenters. The van der Waals surface area contributed by atoms with Crippen molar-refractivity contribution in [1.29, 1.82) is 0 Å². The van der Waals surface area contributed by atoms with Crippen LogP contribution in [0.1, 0.15) is 12.5 Å². The first-order chi connectivity index (χ1) is 12.4. The summed E-state index contributed by atoms with van der Waals surface area (Å²) >= 11 is 0. The highest BCUT2D eigenvalue weighted by molar-refractivity contribution is 6.76. The fraction of sp³-hybridized carbons (Fsp3) is 0.632. The van der Waals surface area contributed by atoms with Gasteiger partial charge in [-0.15, -0.1) is 0 Å². The Kier molecular flexibility index (Phi) is 6.02. The maximum absolute atomic E-state index is 9.83. The molecule has 7 heteroatoms. The summed E-state index contributed by atoms with van der Waals surface area (Å²) in [6, 6.07) is 5.44. The Morgan fingerprint density at radius 3 is 2.88 bits per heavy atom. The van der Waals surface area contributed by atoms with Crippen LogP contribution in [0.2, 0.25) is 25.7 Å². The Morgan fingerprint density at radius 2 is 2.19 bits per heavy atom. The average Bonchev–Trinajstić information content (AvgIpc) is 3.00. The van der Waals surface area contributed by atoms with Crippen molar-refractivity contribution < 1.29 is 14.6 Å². The summed E-state index contributed by atoms with van der Waals surface area (Å²) in [5.74, 6) is 0.902. The normalized spacial score (nSPS) is 18.7. The molecule has 0 saturated carbocycles. The van der Waals surface area contributed by atoms with Crippen molar-refractivity contribution >= 4 is 24.9 Å². The third-order valence-electron chi connectivity index (χ3n) is 4.86. The van der Waals surface area contributed by atoms with Crippen LogP contribution in [0.4, 0.5) is 5.82 Å². The lowest BCUT2D eigenvalue weighted by Gasteiger charge is -2.34. The van der Waals surface area contributed by atoms with Crippen molar-refractivity contribution in [3.8, 4) is 0 Å². The second kappa shape index (κ2) is 8.08. The third-order valence-corrected chi connectivity index (χ3v) is 6.57. The molecule has 1 aliphatic heterocycles. The van der Waals surface area contributed by atoms with Gasteiger partial charge in [0.15, 0.2) is 0 Å². The number of aromatic nitrogens is 2. The number of aliphatic hydroxyl groups excluding tert-OH is 1. The van der Waals surface area contributed by atoms with Gasteiger partial charge in [0.25, 0.3) is 0 Å². The molecule has 3 heterocycles. The highest BCUT2D eigenvalue weighted by Gasteiger charge is 2.22. The monoisotopic (exact) mass is 377 g/mol. The molecule has 2 aromatic heterocycles. The fourth-order valence-corrected chi connectivity index (χ4v) is 3.96. The van der Waals surface area contributed by atoms with E-state index >= 15 is 0 Å². The molecule has 144 valence electrons. The highest BCUT2D eigenvalue weighted by Crippen LogP contribution is 2.26. The Balaban J connectivity index is 1.83. The van der Waals surface area contributed by atoms with E-state index in [0.29, 0.717) is 19.9 Å². The maximum Gasteiger partial charge on any atom is 0.144 e. The van der Waals surface area contributed by atoms with Gasteiger partial charge in [-0.25, -0.2) is 4.98 Å². The molecule has 2 aromatic rings. The van der Waals surface area contributed by atoms with E-state index < -0.39 is 8.07 Å². The van der Waals surface area contributed by atoms with E-state index in [-0.39, 0.29) is 12.6 Å². The van der Waals surface area contributed by atoms with E-state index in [1.165, 1.54) is 0 Å². The predicted molar refractivity (Wildman–Crippen MR) is 107 cm³/mol. The standard InChI is InChI=1S/C19H31N3O3Si/c1-15-13-24-8-7-22(15)18-11-16(12-23)17-5-6-21(19(17)20-18)14-25-9-10-26(2,3)4/h5-6,11,15,23H,7-10,12-14H2,1-4H3/t15-/m1/s1. The summed E-state index contributed by atoms with van der Waals surface area (Å²) in [6.45, 7) is 12.7. The van der Waals surface area contributed by atoms with Crippen LogP contribution in [0.15, 0.2) is 18.3 Å². The minimum absolute atomic E-state index is 0.00519. The number of fused-ring (bicyclic) bond motifs is 1. The van der Waals surface area contributed by atoms with Gasteiger partial charge >= 0.3 is 0 Å². The van der Waals surface area contributed by atoms with Gasteiger partial charge in [0, 0.05) is 32.8 Å². The van der Waals surface area contributed by atoms with Crippen LogP contribution in [0.25, 0.3) is 11.0 Å². The van der Waals surface area contributed by atoms with E-state index in [2.05, 4.69) is 31.5 Å². The van der Waals surface area contributed by atoms with E-state index in [0.717, 1.165) is 41.6 Å². The van der Waals surface area contributed by atoms with Crippen molar-refractivity contribution in [2.45, 2.75) is 52.0 Å². The molecule has 1 fully saturated rings. The number of hydrogen-bond donors (Lipinski definition) is 1. The molecule has 0 aliphatic carbocycles. The van der Waals surface area contributed by atoms with Crippen LogP contribution in [0.5, 0.6) is 0 Å². The van der Waals surface area contributed by atoms with Crippen molar-refractivity contribution in [2.24, 2.45) is 0 Å². The van der Waals surface area contributed by atoms with E-state index in [9.17, 15) is 5.11 Å². The molecule has 0 radical (unpaired) electrons. The SMILES string of the molecule is C[C@@H]1COCCN1c1cc(CO)c2ccn(COCC[Si](C)(C)C)c2n1. The number of hydrogen-bond acceptors (Lipinski definition) is 5. The average molecular weight is 378 g/mol.